The van der Waals surface area contributed by atoms with Crippen LogP contribution < -0.4 is 10.2 Å². The van der Waals surface area contributed by atoms with Crippen molar-refractivity contribution in [1.82, 2.24) is 5.32 Å². The van der Waals surface area contributed by atoms with E-state index in [4.69, 9.17) is 0 Å². The lowest BCUT2D eigenvalue weighted by molar-refractivity contribution is -0.135. The quantitative estimate of drug-likeness (QED) is 0.715. The van der Waals surface area contributed by atoms with Crippen molar-refractivity contribution < 1.29 is 9.59 Å². The van der Waals surface area contributed by atoms with E-state index in [-0.39, 0.29) is 11.8 Å². The highest BCUT2D eigenvalue weighted by atomic mass is 16.2. The van der Waals surface area contributed by atoms with Crippen molar-refractivity contribution in [2.24, 2.45) is 11.3 Å². The molecule has 0 aliphatic heterocycles. The van der Waals surface area contributed by atoms with Gasteiger partial charge in [-0.2, -0.15) is 0 Å². The highest BCUT2D eigenvalue weighted by Gasteiger charge is 2.58. The SMILES string of the molecule is CC(C)CCNC(=O)C1(C(=O)N(Cc2ccccc2)c2ccccc2)CC1. The van der Waals surface area contributed by atoms with E-state index >= 15 is 0 Å². The van der Waals surface area contributed by atoms with E-state index in [1.807, 2.05) is 60.7 Å². The van der Waals surface area contributed by atoms with Crippen molar-refractivity contribution in [3.63, 3.8) is 0 Å². The molecule has 2 aromatic carbocycles. The molecular formula is C23H28N2O2. The number of para-hydroxylation sites is 1. The van der Waals surface area contributed by atoms with Crippen molar-refractivity contribution in [1.29, 1.82) is 0 Å². The van der Waals surface area contributed by atoms with Crippen LogP contribution >= 0.6 is 0 Å². The Kier molecular flexibility index (Phi) is 5.94. The molecular weight excluding hydrogens is 336 g/mol. The zero-order chi connectivity index (χ0) is 19.3. The third kappa shape index (κ3) is 4.57. The van der Waals surface area contributed by atoms with E-state index in [9.17, 15) is 9.59 Å². The average molecular weight is 364 g/mol. The molecule has 0 heterocycles. The number of nitrogens with one attached hydrogen (secondary N) is 1. The summed E-state index contributed by atoms with van der Waals surface area (Å²) in [5, 5.41) is 2.98. The Balaban J connectivity index is 1.79. The van der Waals surface area contributed by atoms with Gasteiger partial charge in [-0.05, 0) is 42.9 Å². The van der Waals surface area contributed by atoms with E-state index in [0.29, 0.717) is 31.8 Å². The third-order valence-electron chi connectivity index (χ3n) is 5.10. The van der Waals surface area contributed by atoms with Gasteiger partial charge >= 0.3 is 0 Å². The van der Waals surface area contributed by atoms with Crippen molar-refractivity contribution in [2.75, 3.05) is 11.4 Å². The zero-order valence-corrected chi connectivity index (χ0v) is 16.2. The molecule has 1 aliphatic rings. The Morgan fingerprint density at radius 1 is 1.00 bits per heavy atom. The van der Waals surface area contributed by atoms with Gasteiger partial charge in [0.25, 0.3) is 0 Å². The first-order chi connectivity index (χ1) is 13.0. The predicted octanol–water partition coefficient (Wildman–Crippen LogP) is 4.16. The molecule has 1 N–H and O–H groups in total. The Bertz CT molecular complexity index is 767. The van der Waals surface area contributed by atoms with E-state index < -0.39 is 5.41 Å². The van der Waals surface area contributed by atoms with Gasteiger partial charge in [-0.1, -0.05) is 62.4 Å². The smallest absolute Gasteiger partial charge is 0.242 e. The minimum absolute atomic E-state index is 0.0976. The monoisotopic (exact) mass is 364 g/mol. The molecule has 0 spiro atoms. The van der Waals surface area contributed by atoms with Crippen LogP contribution in [0.15, 0.2) is 60.7 Å². The fourth-order valence-corrected chi connectivity index (χ4v) is 3.22. The minimum Gasteiger partial charge on any atom is -0.355 e. The number of hydrogen-bond donors (Lipinski definition) is 1. The second kappa shape index (κ2) is 8.38. The van der Waals surface area contributed by atoms with Crippen LogP contribution in [0.2, 0.25) is 0 Å². The van der Waals surface area contributed by atoms with Crippen LogP contribution in [0.5, 0.6) is 0 Å². The molecule has 1 fully saturated rings. The van der Waals surface area contributed by atoms with Crippen LogP contribution in [-0.4, -0.2) is 18.4 Å². The number of hydrogen-bond acceptors (Lipinski definition) is 2. The van der Waals surface area contributed by atoms with Crippen LogP contribution in [0.3, 0.4) is 0 Å². The fourth-order valence-electron chi connectivity index (χ4n) is 3.22. The minimum atomic E-state index is -0.901. The van der Waals surface area contributed by atoms with Gasteiger partial charge in [0.2, 0.25) is 11.8 Å². The summed E-state index contributed by atoms with van der Waals surface area (Å²) in [7, 11) is 0. The number of amides is 2. The summed E-state index contributed by atoms with van der Waals surface area (Å²) in [5.41, 5.74) is 0.972. The number of rotatable bonds is 8. The van der Waals surface area contributed by atoms with Gasteiger partial charge in [0.15, 0.2) is 0 Å². The van der Waals surface area contributed by atoms with Crippen LogP contribution in [0.1, 0.15) is 38.7 Å². The first-order valence-corrected chi connectivity index (χ1v) is 9.72. The maximum Gasteiger partial charge on any atom is 0.242 e. The van der Waals surface area contributed by atoms with Crippen LogP contribution in [0.25, 0.3) is 0 Å². The lowest BCUT2D eigenvalue weighted by atomic mass is 10.0. The molecule has 0 bridgehead atoms. The van der Waals surface area contributed by atoms with Gasteiger partial charge in [0.05, 0.1) is 6.54 Å². The van der Waals surface area contributed by atoms with E-state index in [2.05, 4.69) is 19.2 Å². The van der Waals surface area contributed by atoms with Crippen molar-refractivity contribution in [2.45, 2.75) is 39.7 Å². The molecule has 0 atom stereocenters. The summed E-state index contributed by atoms with van der Waals surface area (Å²) in [6, 6.07) is 19.5. The second-order valence-electron chi connectivity index (χ2n) is 7.73. The molecule has 0 aromatic heterocycles. The molecule has 1 aliphatic carbocycles. The number of nitrogens with zero attached hydrogens (tertiary/aromatic N) is 1. The van der Waals surface area contributed by atoms with E-state index in [1.165, 1.54) is 0 Å². The summed E-state index contributed by atoms with van der Waals surface area (Å²) >= 11 is 0. The number of carbonyl (C=O) groups is 2. The Labute approximate surface area is 161 Å². The molecule has 1 saturated carbocycles. The molecule has 142 valence electrons. The standard InChI is InChI=1S/C23H28N2O2/c1-18(2)13-16-24-21(26)23(14-15-23)22(27)25(20-11-7-4-8-12-20)17-19-9-5-3-6-10-19/h3-12,18H,13-17H2,1-2H3,(H,24,26). The van der Waals surface area contributed by atoms with Gasteiger partial charge in [-0.3, -0.25) is 9.59 Å². The Morgan fingerprint density at radius 2 is 1.59 bits per heavy atom. The summed E-state index contributed by atoms with van der Waals surface area (Å²) in [6.45, 7) is 5.34. The number of anilines is 1. The summed E-state index contributed by atoms with van der Waals surface area (Å²) < 4.78 is 0. The van der Waals surface area contributed by atoms with Crippen molar-refractivity contribution in [3.05, 3.63) is 66.2 Å². The summed E-state index contributed by atoms with van der Waals surface area (Å²) in [4.78, 5) is 28.0. The van der Waals surface area contributed by atoms with Crippen molar-refractivity contribution >= 4 is 17.5 Å². The van der Waals surface area contributed by atoms with Gasteiger partial charge in [-0.25, -0.2) is 0 Å². The maximum atomic E-state index is 13.4. The Hall–Kier alpha value is -2.62. The molecule has 4 nitrogen and oxygen atoms in total. The summed E-state index contributed by atoms with van der Waals surface area (Å²) in [6.07, 6.45) is 2.16. The van der Waals surface area contributed by atoms with Crippen LogP contribution in [-0.2, 0) is 16.1 Å². The van der Waals surface area contributed by atoms with Crippen molar-refractivity contribution in [3.8, 4) is 0 Å². The van der Waals surface area contributed by atoms with Gasteiger partial charge < -0.3 is 10.2 Å². The van der Waals surface area contributed by atoms with Gasteiger partial charge in [0, 0.05) is 12.2 Å². The van der Waals surface area contributed by atoms with Crippen LogP contribution in [0.4, 0.5) is 5.69 Å². The van der Waals surface area contributed by atoms with Crippen LogP contribution in [0, 0.1) is 11.3 Å². The molecule has 3 rings (SSSR count). The van der Waals surface area contributed by atoms with E-state index in [1.54, 1.807) is 4.90 Å². The number of benzene rings is 2. The predicted molar refractivity (Wildman–Crippen MR) is 108 cm³/mol. The Morgan fingerprint density at radius 3 is 2.15 bits per heavy atom. The second-order valence-corrected chi connectivity index (χ2v) is 7.73. The molecule has 0 unspecified atom stereocenters. The molecule has 4 heteroatoms. The first kappa shape index (κ1) is 19.2. The number of carbonyl (C=O) groups excluding carboxylic acids is 2. The van der Waals surface area contributed by atoms with Gasteiger partial charge in [-0.15, -0.1) is 0 Å². The first-order valence-electron chi connectivity index (χ1n) is 9.72. The van der Waals surface area contributed by atoms with Gasteiger partial charge in [0.1, 0.15) is 5.41 Å². The average Bonchev–Trinajstić information content (AvgIpc) is 3.49. The largest absolute Gasteiger partial charge is 0.355 e. The highest BCUT2D eigenvalue weighted by molar-refractivity contribution is 6.14. The normalized spacial score (nSPS) is 14.6. The highest BCUT2D eigenvalue weighted by Crippen LogP contribution is 2.48. The lowest BCUT2D eigenvalue weighted by Crippen LogP contribution is -2.45. The molecule has 0 saturated heterocycles. The zero-order valence-electron chi connectivity index (χ0n) is 16.2. The maximum absolute atomic E-state index is 13.4. The fraction of sp³-hybridized carbons (Fsp3) is 0.391. The lowest BCUT2D eigenvalue weighted by Gasteiger charge is -2.27. The van der Waals surface area contributed by atoms with E-state index in [0.717, 1.165) is 17.7 Å². The molecule has 2 aromatic rings. The molecule has 0 radical (unpaired) electrons. The summed E-state index contributed by atoms with van der Waals surface area (Å²) in [5.74, 6) is 0.303. The third-order valence-corrected chi connectivity index (χ3v) is 5.10. The topological polar surface area (TPSA) is 49.4 Å². The molecule has 27 heavy (non-hydrogen) atoms. The molecule has 2 amide bonds.